The molecule has 1 unspecified atom stereocenters. The predicted octanol–water partition coefficient (Wildman–Crippen LogP) is 4.09. The summed E-state index contributed by atoms with van der Waals surface area (Å²) in [6.07, 6.45) is 5.05. The number of nitrogens with one attached hydrogen (secondary N) is 1. The lowest BCUT2D eigenvalue weighted by molar-refractivity contribution is 0.352. The van der Waals surface area contributed by atoms with Gasteiger partial charge < -0.3 is 14.8 Å². The molecule has 19 heavy (non-hydrogen) atoms. The average Bonchev–Trinajstić information content (AvgIpc) is 2.66. The largest absolute Gasteiger partial charge is 0.493 e. The fourth-order valence-corrected chi connectivity index (χ4v) is 3.07. The van der Waals surface area contributed by atoms with E-state index in [0.717, 1.165) is 22.5 Å². The SMILES string of the molecule is COc1cc(C2CCCCCN2)cc(Br)c1OC.Cl. The van der Waals surface area contributed by atoms with Crippen LogP contribution in [-0.2, 0) is 0 Å². The van der Waals surface area contributed by atoms with Gasteiger partial charge in [-0.25, -0.2) is 0 Å². The molecule has 0 radical (unpaired) electrons. The molecular formula is C14H21BrClNO2. The molecule has 3 nitrogen and oxygen atoms in total. The van der Waals surface area contributed by atoms with Gasteiger partial charge in [-0.15, -0.1) is 12.4 Å². The van der Waals surface area contributed by atoms with Crippen LogP contribution in [0.1, 0.15) is 37.3 Å². The van der Waals surface area contributed by atoms with Gasteiger partial charge in [-0.1, -0.05) is 12.8 Å². The van der Waals surface area contributed by atoms with Gasteiger partial charge in [0, 0.05) is 6.04 Å². The van der Waals surface area contributed by atoms with E-state index in [9.17, 15) is 0 Å². The van der Waals surface area contributed by atoms with E-state index in [0.29, 0.717) is 6.04 Å². The Morgan fingerprint density at radius 3 is 2.63 bits per heavy atom. The second-order valence-electron chi connectivity index (χ2n) is 4.59. The molecule has 1 aliphatic heterocycles. The van der Waals surface area contributed by atoms with E-state index < -0.39 is 0 Å². The van der Waals surface area contributed by atoms with Crippen molar-refractivity contribution >= 4 is 28.3 Å². The standard InChI is InChI=1S/C14H20BrNO2.ClH/c1-17-13-9-10(8-11(15)14(13)18-2)12-6-4-3-5-7-16-12;/h8-9,12,16H,3-7H2,1-2H3;1H. The Labute approximate surface area is 129 Å². The summed E-state index contributed by atoms with van der Waals surface area (Å²) >= 11 is 3.55. The molecule has 1 aromatic rings. The van der Waals surface area contributed by atoms with Crippen LogP contribution in [0.15, 0.2) is 16.6 Å². The highest BCUT2D eigenvalue weighted by Crippen LogP contribution is 2.38. The van der Waals surface area contributed by atoms with E-state index in [4.69, 9.17) is 9.47 Å². The molecule has 1 aromatic carbocycles. The normalized spacial score (nSPS) is 19.2. The smallest absolute Gasteiger partial charge is 0.174 e. The van der Waals surface area contributed by atoms with Crippen LogP contribution >= 0.6 is 28.3 Å². The second-order valence-corrected chi connectivity index (χ2v) is 5.45. The monoisotopic (exact) mass is 349 g/mol. The third kappa shape index (κ3) is 4.01. The summed E-state index contributed by atoms with van der Waals surface area (Å²) in [5, 5.41) is 3.60. The summed E-state index contributed by atoms with van der Waals surface area (Å²) in [6.45, 7) is 1.09. The number of ether oxygens (including phenoxy) is 2. The number of halogens is 2. The van der Waals surface area contributed by atoms with E-state index in [1.165, 1.54) is 31.2 Å². The average molecular weight is 351 g/mol. The predicted molar refractivity (Wildman–Crippen MR) is 83.7 cm³/mol. The van der Waals surface area contributed by atoms with Crippen LogP contribution in [0.5, 0.6) is 11.5 Å². The van der Waals surface area contributed by atoms with Crippen molar-refractivity contribution in [2.75, 3.05) is 20.8 Å². The first-order valence-electron chi connectivity index (χ1n) is 6.41. The highest BCUT2D eigenvalue weighted by Gasteiger charge is 2.18. The van der Waals surface area contributed by atoms with Gasteiger partial charge in [-0.05, 0) is 53.0 Å². The number of hydrogen-bond acceptors (Lipinski definition) is 3. The quantitative estimate of drug-likeness (QED) is 0.890. The third-order valence-corrected chi connectivity index (χ3v) is 4.01. The second kappa shape index (κ2) is 7.98. The minimum atomic E-state index is 0. The molecule has 0 spiro atoms. The first-order chi connectivity index (χ1) is 8.76. The van der Waals surface area contributed by atoms with Crippen molar-refractivity contribution in [1.82, 2.24) is 5.32 Å². The minimum Gasteiger partial charge on any atom is -0.493 e. The lowest BCUT2D eigenvalue weighted by atomic mass is 10.0. The molecule has 5 heteroatoms. The lowest BCUT2D eigenvalue weighted by Gasteiger charge is -2.19. The first kappa shape index (κ1) is 16.6. The van der Waals surface area contributed by atoms with Crippen molar-refractivity contribution in [2.45, 2.75) is 31.7 Å². The van der Waals surface area contributed by atoms with E-state index in [1.807, 2.05) is 0 Å². The summed E-state index contributed by atoms with van der Waals surface area (Å²) < 4.78 is 11.7. The van der Waals surface area contributed by atoms with Crippen LogP contribution in [0.2, 0.25) is 0 Å². The molecule has 2 rings (SSSR count). The Bertz CT molecular complexity index is 407. The molecule has 1 aliphatic rings. The lowest BCUT2D eigenvalue weighted by Crippen LogP contribution is -2.20. The van der Waals surface area contributed by atoms with Crippen molar-refractivity contribution in [1.29, 1.82) is 0 Å². The molecule has 0 saturated carbocycles. The molecule has 108 valence electrons. The molecule has 1 saturated heterocycles. The van der Waals surface area contributed by atoms with Gasteiger partial charge >= 0.3 is 0 Å². The number of hydrogen-bond donors (Lipinski definition) is 1. The van der Waals surface area contributed by atoms with Gasteiger partial charge in [-0.3, -0.25) is 0 Å². The molecule has 1 N–H and O–H groups in total. The van der Waals surface area contributed by atoms with Crippen LogP contribution in [0.3, 0.4) is 0 Å². The zero-order valence-corrected chi connectivity index (χ0v) is 13.8. The summed E-state index contributed by atoms with van der Waals surface area (Å²) in [5.41, 5.74) is 1.27. The zero-order valence-electron chi connectivity index (χ0n) is 11.4. The van der Waals surface area contributed by atoms with E-state index in [2.05, 4.69) is 33.4 Å². The fraction of sp³-hybridized carbons (Fsp3) is 0.571. The first-order valence-corrected chi connectivity index (χ1v) is 7.20. The number of rotatable bonds is 3. The van der Waals surface area contributed by atoms with Crippen LogP contribution < -0.4 is 14.8 Å². The summed E-state index contributed by atoms with van der Waals surface area (Å²) in [4.78, 5) is 0. The summed E-state index contributed by atoms with van der Waals surface area (Å²) in [5.74, 6) is 1.54. The molecule has 1 fully saturated rings. The van der Waals surface area contributed by atoms with Crippen molar-refractivity contribution in [3.63, 3.8) is 0 Å². The van der Waals surface area contributed by atoms with Crippen molar-refractivity contribution in [3.8, 4) is 11.5 Å². The molecule has 1 atom stereocenters. The van der Waals surface area contributed by atoms with E-state index in [1.54, 1.807) is 14.2 Å². The number of methoxy groups -OCH3 is 2. The molecular weight excluding hydrogens is 330 g/mol. The summed E-state index contributed by atoms with van der Waals surface area (Å²) in [7, 11) is 3.33. The van der Waals surface area contributed by atoms with Crippen LogP contribution in [-0.4, -0.2) is 20.8 Å². The summed E-state index contributed by atoms with van der Waals surface area (Å²) in [6, 6.07) is 4.63. The third-order valence-electron chi connectivity index (χ3n) is 3.42. The van der Waals surface area contributed by atoms with E-state index in [-0.39, 0.29) is 12.4 Å². The Morgan fingerprint density at radius 1 is 1.16 bits per heavy atom. The molecule has 0 bridgehead atoms. The van der Waals surface area contributed by atoms with Gasteiger partial charge in [-0.2, -0.15) is 0 Å². The van der Waals surface area contributed by atoms with Gasteiger partial charge in [0.15, 0.2) is 11.5 Å². The maximum Gasteiger partial charge on any atom is 0.174 e. The van der Waals surface area contributed by atoms with Gasteiger partial charge in [0.1, 0.15) is 0 Å². The number of benzene rings is 1. The molecule has 0 aliphatic carbocycles. The van der Waals surface area contributed by atoms with Gasteiger partial charge in [0.25, 0.3) is 0 Å². The van der Waals surface area contributed by atoms with Gasteiger partial charge in [0.05, 0.1) is 18.7 Å². The van der Waals surface area contributed by atoms with Crippen LogP contribution in [0.25, 0.3) is 0 Å². The zero-order chi connectivity index (χ0) is 13.0. The Hall–Kier alpha value is -0.450. The minimum absolute atomic E-state index is 0. The Balaban J connectivity index is 0.00000180. The maximum atomic E-state index is 5.40. The fourth-order valence-electron chi connectivity index (χ4n) is 2.45. The van der Waals surface area contributed by atoms with Crippen LogP contribution in [0.4, 0.5) is 0 Å². The molecule has 0 amide bonds. The van der Waals surface area contributed by atoms with E-state index >= 15 is 0 Å². The Morgan fingerprint density at radius 2 is 1.95 bits per heavy atom. The molecule has 1 heterocycles. The van der Waals surface area contributed by atoms with Crippen molar-refractivity contribution in [2.24, 2.45) is 0 Å². The van der Waals surface area contributed by atoms with Gasteiger partial charge in [0.2, 0.25) is 0 Å². The molecule has 0 aromatic heterocycles. The highest BCUT2D eigenvalue weighted by atomic mass is 79.9. The Kier molecular flexibility index (Phi) is 6.97. The van der Waals surface area contributed by atoms with Crippen molar-refractivity contribution < 1.29 is 9.47 Å². The topological polar surface area (TPSA) is 30.5 Å². The maximum absolute atomic E-state index is 5.40. The highest BCUT2D eigenvalue weighted by molar-refractivity contribution is 9.10. The van der Waals surface area contributed by atoms with Crippen LogP contribution in [0, 0.1) is 0 Å². The van der Waals surface area contributed by atoms with Crippen molar-refractivity contribution in [3.05, 3.63) is 22.2 Å².